The van der Waals surface area contributed by atoms with Gasteiger partial charge in [-0.25, -0.2) is 9.67 Å². The maximum atomic E-state index is 7.90. The van der Waals surface area contributed by atoms with Crippen molar-refractivity contribution < 1.29 is 14.2 Å². The predicted octanol–water partition coefficient (Wildman–Crippen LogP) is 3.46. The Morgan fingerprint density at radius 2 is 1.74 bits per heavy atom. The molecule has 0 aliphatic carbocycles. The van der Waals surface area contributed by atoms with Crippen LogP contribution in [0.4, 0.5) is 5.95 Å². The number of nitrogen functional groups attached to an aromatic ring is 1. The maximum Gasteiger partial charge on any atom is 0.296 e. The average Bonchev–Trinajstić information content (AvgIpc) is 3.69. The number of anilines is 1. The predicted molar refractivity (Wildman–Crippen MR) is 140 cm³/mol. The summed E-state index contributed by atoms with van der Waals surface area (Å²) in [6, 6.07) is 17.9. The first-order chi connectivity index (χ1) is 18.5. The Labute approximate surface area is 221 Å². The van der Waals surface area contributed by atoms with E-state index < -0.39 is 0 Å². The van der Waals surface area contributed by atoms with E-state index in [1.165, 1.54) is 4.68 Å². The molecule has 0 spiro atoms. The van der Waals surface area contributed by atoms with Crippen molar-refractivity contribution in [2.45, 2.75) is 24.7 Å². The zero-order chi connectivity index (χ0) is 25.8. The Morgan fingerprint density at radius 1 is 1.00 bits per heavy atom. The van der Waals surface area contributed by atoms with Gasteiger partial charge in [0.1, 0.15) is 6.10 Å². The molecule has 2 aromatic carbocycles. The topological polar surface area (TPSA) is 153 Å². The van der Waals surface area contributed by atoms with Crippen molar-refractivity contribution in [3.05, 3.63) is 65.2 Å². The van der Waals surface area contributed by atoms with E-state index in [-0.39, 0.29) is 29.9 Å². The van der Waals surface area contributed by atoms with E-state index in [0.717, 1.165) is 28.8 Å². The number of nitrogens with two attached hydrogens (primary N) is 1. The first kappa shape index (κ1) is 23.0. The molecule has 11 nitrogen and oxygen atoms in total. The summed E-state index contributed by atoms with van der Waals surface area (Å²) < 4.78 is 19.1. The fourth-order valence-electron chi connectivity index (χ4n) is 5.00. The molecule has 3 atom stereocenters. The van der Waals surface area contributed by atoms with Crippen molar-refractivity contribution in [1.82, 2.24) is 29.7 Å². The van der Waals surface area contributed by atoms with Gasteiger partial charge >= 0.3 is 0 Å². The highest BCUT2D eigenvalue weighted by atomic mass is 35.5. The third kappa shape index (κ3) is 4.01. The van der Waals surface area contributed by atoms with Crippen LogP contribution in [0, 0.1) is 5.41 Å². The van der Waals surface area contributed by atoms with Crippen molar-refractivity contribution in [2.24, 2.45) is 0 Å². The van der Waals surface area contributed by atoms with Gasteiger partial charge in [-0.1, -0.05) is 48.0 Å². The second-order valence-corrected chi connectivity index (χ2v) is 9.68. The molecule has 2 saturated heterocycles. The fourth-order valence-corrected chi connectivity index (χ4v) is 5.26. The zero-order valence-electron chi connectivity index (χ0n) is 20.0. The van der Waals surface area contributed by atoms with Crippen LogP contribution in [-0.2, 0) is 9.47 Å². The molecule has 5 N–H and O–H groups in total. The highest BCUT2D eigenvalue weighted by Gasteiger charge is 2.43. The number of benzene rings is 2. The standard InChI is InChI=1S/C26H23ClN8O3/c27-17-11-18-23(32-26(30-18)38-20-12-37-19-9-10-36-22(19)20)31-21(17)15-3-1-13(2-4-15)14-5-7-16(8-6-14)35-25(29)33-24(28)34-35/h1-8,11,19-20,22H,9-10,12H2,(H,30,31,32)(H4,28,29,33,34)/t19-,20-,22+/m1/s1. The number of aromatic nitrogens is 6. The van der Waals surface area contributed by atoms with Crippen LogP contribution in [0.15, 0.2) is 54.6 Å². The van der Waals surface area contributed by atoms with Gasteiger partial charge in [0.25, 0.3) is 6.01 Å². The normalized spacial score (nSPS) is 20.7. The van der Waals surface area contributed by atoms with E-state index in [0.29, 0.717) is 41.1 Å². The lowest BCUT2D eigenvalue weighted by Crippen LogP contribution is -2.32. The summed E-state index contributed by atoms with van der Waals surface area (Å²) in [6.45, 7) is 1.16. The average molecular weight is 531 g/mol. The molecule has 38 heavy (non-hydrogen) atoms. The summed E-state index contributed by atoms with van der Waals surface area (Å²) in [4.78, 5) is 16.3. The quantitative estimate of drug-likeness (QED) is 0.271. The van der Waals surface area contributed by atoms with Crippen LogP contribution in [0.3, 0.4) is 0 Å². The van der Waals surface area contributed by atoms with Crippen molar-refractivity contribution in [1.29, 1.82) is 5.41 Å². The summed E-state index contributed by atoms with van der Waals surface area (Å²) in [5, 5.41) is 11.2. The van der Waals surface area contributed by atoms with Gasteiger partial charge in [-0.05, 0) is 35.7 Å². The minimum atomic E-state index is -0.204. The minimum Gasteiger partial charge on any atom is -0.456 e. The highest BCUT2D eigenvalue weighted by Crippen LogP contribution is 2.33. The first-order valence-electron chi connectivity index (χ1n) is 12.2. The molecule has 2 aliphatic heterocycles. The van der Waals surface area contributed by atoms with Gasteiger partial charge in [0.15, 0.2) is 11.8 Å². The Kier molecular flexibility index (Phi) is 5.43. The number of fused-ring (bicyclic) bond motifs is 2. The molecule has 0 amide bonds. The Morgan fingerprint density at radius 3 is 2.47 bits per heavy atom. The number of hydrogen-bond donors (Lipinski definition) is 4. The number of aromatic amines is 2. The summed E-state index contributed by atoms with van der Waals surface area (Å²) in [5.74, 6) is 0.193. The largest absolute Gasteiger partial charge is 0.456 e. The molecule has 3 aromatic heterocycles. The third-order valence-corrected chi connectivity index (χ3v) is 7.16. The number of hydrogen-bond acceptors (Lipinski definition) is 8. The fraction of sp³-hybridized carbons (Fsp3) is 0.231. The number of nitrogens with zero attached hydrogens (tertiary/aromatic N) is 4. The molecular weight excluding hydrogens is 508 g/mol. The summed E-state index contributed by atoms with van der Waals surface area (Å²) in [7, 11) is 0. The highest BCUT2D eigenvalue weighted by molar-refractivity contribution is 6.33. The minimum absolute atomic E-state index is 0.0422. The van der Waals surface area contributed by atoms with Crippen molar-refractivity contribution in [3.8, 4) is 34.1 Å². The summed E-state index contributed by atoms with van der Waals surface area (Å²) in [5.41, 5.74) is 11.2. The molecule has 7 rings (SSSR count). The molecule has 2 aliphatic rings. The van der Waals surface area contributed by atoms with Crippen molar-refractivity contribution >= 4 is 28.7 Å². The number of imidazole rings is 1. The van der Waals surface area contributed by atoms with Crippen molar-refractivity contribution in [2.75, 3.05) is 18.9 Å². The van der Waals surface area contributed by atoms with E-state index in [2.05, 4.69) is 20.1 Å². The zero-order valence-corrected chi connectivity index (χ0v) is 20.8. The Bertz CT molecular complexity index is 1690. The molecular formula is C26H23ClN8O3. The van der Waals surface area contributed by atoms with Crippen LogP contribution in [-0.4, -0.2) is 61.2 Å². The third-order valence-electron chi connectivity index (χ3n) is 6.87. The van der Waals surface area contributed by atoms with Gasteiger partial charge < -0.3 is 24.9 Å². The second-order valence-electron chi connectivity index (χ2n) is 9.28. The Balaban J connectivity index is 1.12. The van der Waals surface area contributed by atoms with E-state index in [1.807, 2.05) is 54.6 Å². The monoisotopic (exact) mass is 530 g/mol. The van der Waals surface area contributed by atoms with Crippen LogP contribution in [0.2, 0.25) is 5.02 Å². The molecule has 0 saturated carbocycles. The van der Waals surface area contributed by atoms with E-state index in [4.69, 9.17) is 41.9 Å². The van der Waals surface area contributed by atoms with Gasteiger partial charge in [0.2, 0.25) is 11.6 Å². The maximum absolute atomic E-state index is 7.90. The molecule has 2 fully saturated rings. The summed E-state index contributed by atoms with van der Waals surface area (Å²) in [6.07, 6.45) is 0.713. The van der Waals surface area contributed by atoms with Gasteiger partial charge in [-0.2, -0.15) is 9.97 Å². The van der Waals surface area contributed by atoms with Crippen LogP contribution in [0.1, 0.15) is 6.42 Å². The molecule has 0 bridgehead atoms. The molecule has 0 radical (unpaired) electrons. The lowest BCUT2D eigenvalue weighted by atomic mass is 10.0. The first-order valence-corrected chi connectivity index (χ1v) is 12.6. The molecule has 12 heteroatoms. The van der Waals surface area contributed by atoms with Gasteiger partial charge in [-0.3, -0.25) is 10.5 Å². The van der Waals surface area contributed by atoms with Crippen LogP contribution in [0.5, 0.6) is 6.01 Å². The number of nitrogens with one attached hydrogen (secondary N) is 3. The van der Waals surface area contributed by atoms with Crippen LogP contribution < -0.4 is 16.1 Å². The van der Waals surface area contributed by atoms with Gasteiger partial charge in [0.05, 0.1) is 34.6 Å². The SMILES string of the molecule is N=c1nc(N)[nH]n1-c1ccc(-c2ccc(-c3nc4nc(O[C@@H]5CO[C@@H]6CCO[C@@H]65)[nH]c4cc3Cl)cc2)cc1. The van der Waals surface area contributed by atoms with Crippen LogP contribution in [0.25, 0.3) is 39.2 Å². The van der Waals surface area contributed by atoms with E-state index >= 15 is 0 Å². The number of pyridine rings is 1. The number of halogens is 1. The van der Waals surface area contributed by atoms with Gasteiger partial charge in [-0.15, -0.1) is 0 Å². The van der Waals surface area contributed by atoms with E-state index in [9.17, 15) is 0 Å². The molecule has 192 valence electrons. The number of ether oxygens (including phenoxy) is 3. The molecule has 5 heterocycles. The van der Waals surface area contributed by atoms with Crippen molar-refractivity contribution in [3.63, 3.8) is 0 Å². The number of H-pyrrole nitrogens is 2. The molecule has 5 aromatic rings. The second kappa shape index (κ2) is 8.98. The molecule has 0 unspecified atom stereocenters. The smallest absolute Gasteiger partial charge is 0.296 e. The number of rotatable bonds is 5. The van der Waals surface area contributed by atoms with Crippen LogP contribution >= 0.6 is 11.6 Å². The lowest BCUT2D eigenvalue weighted by Gasteiger charge is -2.15. The lowest BCUT2D eigenvalue weighted by molar-refractivity contribution is 0.0273. The summed E-state index contributed by atoms with van der Waals surface area (Å²) >= 11 is 6.61. The Hall–Kier alpha value is -4.19. The van der Waals surface area contributed by atoms with Gasteiger partial charge in [0, 0.05) is 12.2 Å². The van der Waals surface area contributed by atoms with E-state index in [1.54, 1.807) is 0 Å².